The van der Waals surface area contributed by atoms with Crippen molar-refractivity contribution >= 4 is 16.1 Å². The van der Waals surface area contributed by atoms with Crippen LogP contribution in [0, 0.1) is 5.92 Å². The number of nitrogens with two attached hydrogens (primary N) is 1. The number of carbonyl (C=O) groups is 1. The standard InChI is InChI=1S/C12H18N4O4S/c13-21(19,20)15-5-9-2-1-3-16(8-9)12(18)10-4-11(17)7-14-6-10/h4,6-7,9,15,17H,1-3,5,8H2,(H2,13,19,20). The van der Waals surface area contributed by atoms with E-state index in [9.17, 15) is 18.3 Å². The van der Waals surface area contributed by atoms with Crippen LogP contribution in [0.3, 0.4) is 0 Å². The fourth-order valence-corrected chi connectivity index (χ4v) is 2.85. The molecular weight excluding hydrogens is 296 g/mol. The number of rotatable bonds is 4. The van der Waals surface area contributed by atoms with Gasteiger partial charge in [-0.05, 0) is 24.8 Å². The molecule has 1 aromatic rings. The van der Waals surface area contributed by atoms with E-state index >= 15 is 0 Å². The van der Waals surface area contributed by atoms with Gasteiger partial charge in [0.25, 0.3) is 16.1 Å². The Morgan fingerprint density at radius 2 is 2.29 bits per heavy atom. The molecule has 1 fully saturated rings. The number of piperidine rings is 1. The van der Waals surface area contributed by atoms with E-state index in [1.165, 1.54) is 18.5 Å². The van der Waals surface area contributed by atoms with Gasteiger partial charge in [-0.3, -0.25) is 9.78 Å². The van der Waals surface area contributed by atoms with E-state index in [0.717, 1.165) is 12.8 Å². The molecule has 1 unspecified atom stereocenters. The van der Waals surface area contributed by atoms with Gasteiger partial charge in [0.2, 0.25) is 0 Å². The smallest absolute Gasteiger partial charge is 0.274 e. The van der Waals surface area contributed by atoms with E-state index in [0.29, 0.717) is 18.7 Å². The zero-order valence-electron chi connectivity index (χ0n) is 11.4. The molecule has 9 heteroatoms. The number of nitrogens with zero attached hydrogens (tertiary/aromatic N) is 2. The Morgan fingerprint density at radius 1 is 1.52 bits per heavy atom. The minimum Gasteiger partial charge on any atom is -0.506 e. The molecule has 21 heavy (non-hydrogen) atoms. The van der Waals surface area contributed by atoms with Gasteiger partial charge in [0.1, 0.15) is 5.75 Å². The number of carbonyl (C=O) groups excluding carboxylic acids is 1. The second-order valence-corrected chi connectivity index (χ2v) is 6.46. The number of hydrogen-bond donors (Lipinski definition) is 3. The zero-order valence-corrected chi connectivity index (χ0v) is 12.2. The van der Waals surface area contributed by atoms with Gasteiger partial charge in [-0.25, -0.2) is 9.86 Å². The molecule has 8 nitrogen and oxygen atoms in total. The molecule has 2 heterocycles. The molecule has 1 aromatic heterocycles. The van der Waals surface area contributed by atoms with Crippen LogP contribution in [0.4, 0.5) is 0 Å². The summed E-state index contributed by atoms with van der Waals surface area (Å²) in [6.07, 6.45) is 4.26. The first-order valence-electron chi connectivity index (χ1n) is 6.56. The maximum atomic E-state index is 12.3. The lowest BCUT2D eigenvalue weighted by Gasteiger charge is -2.32. The summed E-state index contributed by atoms with van der Waals surface area (Å²) in [7, 11) is -3.72. The first-order chi connectivity index (χ1) is 9.85. The first-order valence-corrected chi connectivity index (χ1v) is 8.10. The van der Waals surface area contributed by atoms with Gasteiger partial charge in [-0.2, -0.15) is 8.42 Å². The number of hydrogen-bond acceptors (Lipinski definition) is 5. The molecule has 2 rings (SSSR count). The normalized spacial score (nSPS) is 19.5. The quantitative estimate of drug-likeness (QED) is 0.686. The summed E-state index contributed by atoms with van der Waals surface area (Å²) in [5.41, 5.74) is 0.315. The van der Waals surface area contributed by atoms with Crippen molar-refractivity contribution in [3.63, 3.8) is 0 Å². The minimum atomic E-state index is -3.72. The van der Waals surface area contributed by atoms with Crippen LogP contribution >= 0.6 is 0 Å². The Bertz CT molecular complexity index is 619. The molecule has 116 valence electrons. The summed E-state index contributed by atoms with van der Waals surface area (Å²) in [6.45, 7) is 1.25. The van der Waals surface area contributed by atoms with Crippen molar-refractivity contribution in [1.82, 2.24) is 14.6 Å². The summed E-state index contributed by atoms with van der Waals surface area (Å²) in [6, 6.07) is 1.36. The molecule has 1 aliphatic heterocycles. The molecule has 1 aliphatic rings. The van der Waals surface area contributed by atoms with E-state index in [-0.39, 0.29) is 24.1 Å². The van der Waals surface area contributed by atoms with Crippen LogP contribution < -0.4 is 9.86 Å². The average Bonchev–Trinajstić information content (AvgIpc) is 2.44. The van der Waals surface area contributed by atoms with Crippen LogP contribution in [-0.4, -0.2) is 48.9 Å². The molecule has 0 spiro atoms. The molecule has 0 radical (unpaired) electrons. The van der Waals surface area contributed by atoms with Gasteiger partial charge in [0, 0.05) is 25.8 Å². The third-order valence-corrected chi connectivity index (χ3v) is 3.92. The number of aromatic hydroxyl groups is 1. The number of likely N-dealkylation sites (tertiary alicyclic amines) is 1. The maximum Gasteiger partial charge on any atom is 0.274 e. The monoisotopic (exact) mass is 314 g/mol. The van der Waals surface area contributed by atoms with E-state index in [2.05, 4.69) is 9.71 Å². The van der Waals surface area contributed by atoms with E-state index in [4.69, 9.17) is 5.14 Å². The zero-order chi connectivity index (χ0) is 15.5. The third kappa shape index (κ3) is 4.66. The number of aromatic nitrogens is 1. The highest BCUT2D eigenvalue weighted by Gasteiger charge is 2.25. The van der Waals surface area contributed by atoms with Gasteiger partial charge in [-0.15, -0.1) is 0 Å². The third-order valence-electron chi connectivity index (χ3n) is 3.35. The Kier molecular flexibility index (Phi) is 4.76. The van der Waals surface area contributed by atoms with E-state index < -0.39 is 10.2 Å². The lowest BCUT2D eigenvalue weighted by molar-refractivity contribution is 0.0675. The Morgan fingerprint density at radius 3 is 2.95 bits per heavy atom. The minimum absolute atomic E-state index is 0.0197. The molecule has 1 atom stereocenters. The molecule has 1 saturated heterocycles. The van der Waals surface area contributed by atoms with Gasteiger partial charge in [-0.1, -0.05) is 0 Å². The molecule has 1 amide bonds. The van der Waals surface area contributed by atoms with Crippen molar-refractivity contribution in [3.8, 4) is 5.75 Å². The predicted molar refractivity (Wildman–Crippen MR) is 75.6 cm³/mol. The van der Waals surface area contributed by atoms with Crippen molar-refractivity contribution in [1.29, 1.82) is 0 Å². The van der Waals surface area contributed by atoms with Crippen LogP contribution in [0.2, 0.25) is 0 Å². The summed E-state index contributed by atoms with van der Waals surface area (Å²) in [5.74, 6) is -0.268. The highest BCUT2D eigenvalue weighted by Crippen LogP contribution is 2.19. The molecular formula is C12H18N4O4S. The summed E-state index contributed by atoms with van der Waals surface area (Å²) in [4.78, 5) is 17.7. The number of nitrogens with one attached hydrogen (secondary N) is 1. The van der Waals surface area contributed by atoms with Crippen molar-refractivity contribution in [2.75, 3.05) is 19.6 Å². The fourth-order valence-electron chi connectivity index (χ4n) is 2.38. The molecule has 0 bridgehead atoms. The van der Waals surface area contributed by atoms with Gasteiger partial charge in [0.15, 0.2) is 0 Å². The second kappa shape index (κ2) is 6.37. The number of amides is 1. The van der Waals surface area contributed by atoms with Gasteiger partial charge >= 0.3 is 0 Å². The Labute approximate surface area is 123 Å². The SMILES string of the molecule is NS(=O)(=O)NCC1CCCN(C(=O)c2cncc(O)c2)C1. The van der Waals surface area contributed by atoms with Gasteiger partial charge in [0.05, 0.1) is 11.8 Å². The van der Waals surface area contributed by atoms with E-state index in [1.54, 1.807) is 4.90 Å². The summed E-state index contributed by atoms with van der Waals surface area (Å²) in [5, 5.41) is 14.3. The highest BCUT2D eigenvalue weighted by atomic mass is 32.2. The largest absolute Gasteiger partial charge is 0.506 e. The number of pyridine rings is 1. The van der Waals surface area contributed by atoms with Crippen molar-refractivity contribution in [3.05, 3.63) is 24.0 Å². The van der Waals surface area contributed by atoms with Crippen LogP contribution in [0.5, 0.6) is 5.75 Å². The topological polar surface area (TPSA) is 126 Å². The second-order valence-electron chi connectivity index (χ2n) is 5.08. The van der Waals surface area contributed by atoms with Crippen LogP contribution in [0.15, 0.2) is 18.5 Å². The van der Waals surface area contributed by atoms with E-state index in [1.807, 2.05) is 0 Å². The highest BCUT2D eigenvalue weighted by molar-refractivity contribution is 7.87. The Hall–Kier alpha value is -1.71. The molecule has 0 saturated carbocycles. The Balaban J connectivity index is 1.99. The predicted octanol–water partition coefficient (Wildman–Crippen LogP) is -0.567. The summed E-state index contributed by atoms with van der Waals surface area (Å²) < 4.78 is 24.1. The van der Waals surface area contributed by atoms with Crippen molar-refractivity contribution in [2.24, 2.45) is 11.1 Å². The van der Waals surface area contributed by atoms with Crippen LogP contribution in [-0.2, 0) is 10.2 Å². The fraction of sp³-hybridized carbons (Fsp3) is 0.500. The maximum absolute atomic E-state index is 12.3. The summed E-state index contributed by atoms with van der Waals surface area (Å²) >= 11 is 0. The molecule has 4 N–H and O–H groups in total. The molecule has 0 aromatic carbocycles. The lowest BCUT2D eigenvalue weighted by atomic mass is 9.98. The molecule has 0 aliphatic carbocycles. The lowest BCUT2D eigenvalue weighted by Crippen LogP contribution is -2.44. The van der Waals surface area contributed by atoms with Crippen LogP contribution in [0.1, 0.15) is 23.2 Å². The van der Waals surface area contributed by atoms with Crippen molar-refractivity contribution in [2.45, 2.75) is 12.8 Å². The average molecular weight is 314 g/mol. The van der Waals surface area contributed by atoms with Crippen LogP contribution in [0.25, 0.3) is 0 Å². The first kappa shape index (κ1) is 15.7. The van der Waals surface area contributed by atoms with Crippen molar-refractivity contribution < 1.29 is 18.3 Å². The van der Waals surface area contributed by atoms with Gasteiger partial charge < -0.3 is 10.0 Å².